The van der Waals surface area contributed by atoms with Crippen molar-refractivity contribution in [3.8, 4) is 0 Å². The highest BCUT2D eigenvalue weighted by atomic mass is 32.2. The zero-order valence-corrected chi connectivity index (χ0v) is 20.9. The van der Waals surface area contributed by atoms with Gasteiger partial charge in [-0.25, -0.2) is 4.79 Å². The Kier molecular flexibility index (Phi) is 8.20. The summed E-state index contributed by atoms with van der Waals surface area (Å²) in [6, 6.07) is 13.8. The molecule has 35 heavy (non-hydrogen) atoms. The number of methoxy groups -OCH3 is 1. The highest BCUT2D eigenvalue weighted by Gasteiger charge is 2.35. The first-order valence-electron chi connectivity index (χ1n) is 12.1. The van der Waals surface area contributed by atoms with Gasteiger partial charge in [0.1, 0.15) is 0 Å². The van der Waals surface area contributed by atoms with Crippen LogP contribution in [0.4, 0.5) is 0 Å². The molecule has 8 nitrogen and oxygen atoms in total. The number of piperidine rings is 1. The normalized spacial score (nSPS) is 20.6. The van der Waals surface area contributed by atoms with Crippen LogP contribution in [0.15, 0.2) is 48.5 Å². The van der Waals surface area contributed by atoms with Crippen LogP contribution in [0.2, 0.25) is 0 Å². The SMILES string of the molecule is COC(=O)c1ccc(CNC(=O)c2cccc(CNS(=O)(=O)N3CCC4CCCCC4C3)c2)cc1. The number of amides is 1. The Balaban J connectivity index is 1.30. The van der Waals surface area contributed by atoms with Gasteiger partial charge in [-0.05, 0) is 60.1 Å². The molecule has 188 valence electrons. The lowest BCUT2D eigenvalue weighted by atomic mass is 9.76. The van der Waals surface area contributed by atoms with Crippen molar-refractivity contribution in [2.24, 2.45) is 11.8 Å². The second-order valence-electron chi connectivity index (χ2n) is 9.35. The van der Waals surface area contributed by atoms with E-state index in [1.54, 1.807) is 52.8 Å². The Morgan fingerprint density at radius 3 is 2.43 bits per heavy atom. The van der Waals surface area contributed by atoms with E-state index < -0.39 is 16.2 Å². The minimum atomic E-state index is -3.57. The number of rotatable bonds is 8. The first-order valence-corrected chi connectivity index (χ1v) is 13.6. The molecule has 2 unspecified atom stereocenters. The molecular weight excluding hydrogens is 466 g/mol. The fourth-order valence-electron chi connectivity index (χ4n) is 5.04. The molecule has 2 aromatic rings. The molecule has 2 aromatic carbocycles. The first-order chi connectivity index (χ1) is 16.9. The van der Waals surface area contributed by atoms with E-state index in [0.29, 0.717) is 42.6 Å². The Hall–Kier alpha value is -2.75. The number of fused-ring (bicyclic) bond motifs is 1. The number of nitrogens with zero attached hydrogens (tertiary/aromatic N) is 1. The molecule has 1 heterocycles. The van der Waals surface area contributed by atoms with Crippen LogP contribution in [0, 0.1) is 11.8 Å². The molecule has 0 spiro atoms. The highest BCUT2D eigenvalue weighted by Crippen LogP contribution is 2.36. The molecule has 2 N–H and O–H groups in total. The molecule has 1 aliphatic carbocycles. The molecule has 1 saturated heterocycles. The average molecular weight is 500 g/mol. The number of carbonyl (C=O) groups is 2. The predicted molar refractivity (Wildman–Crippen MR) is 133 cm³/mol. The number of esters is 1. The smallest absolute Gasteiger partial charge is 0.337 e. The summed E-state index contributed by atoms with van der Waals surface area (Å²) in [6.45, 7) is 1.60. The van der Waals surface area contributed by atoms with E-state index in [-0.39, 0.29) is 12.5 Å². The van der Waals surface area contributed by atoms with Crippen molar-refractivity contribution in [3.63, 3.8) is 0 Å². The molecule has 9 heteroatoms. The van der Waals surface area contributed by atoms with Gasteiger partial charge < -0.3 is 10.1 Å². The lowest BCUT2D eigenvalue weighted by Gasteiger charge is -2.40. The number of carbonyl (C=O) groups excluding carboxylic acids is 2. The van der Waals surface area contributed by atoms with Gasteiger partial charge in [-0.15, -0.1) is 0 Å². The Labute approximate surface area is 207 Å². The summed E-state index contributed by atoms with van der Waals surface area (Å²) in [5.41, 5.74) is 2.46. The average Bonchev–Trinajstić information content (AvgIpc) is 2.90. The van der Waals surface area contributed by atoms with Crippen molar-refractivity contribution in [1.82, 2.24) is 14.3 Å². The molecular formula is C26H33N3O5S. The van der Waals surface area contributed by atoms with Crippen LogP contribution in [0.25, 0.3) is 0 Å². The van der Waals surface area contributed by atoms with Gasteiger partial charge in [-0.2, -0.15) is 17.4 Å². The summed E-state index contributed by atoms with van der Waals surface area (Å²) >= 11 is 0. The molecule has 2 atom stereocenters. The second-order valence-corrected chi connectivity index (χ2v) is 11.1. The summed E-state index contributed by atoms with van der Waals surface area (Å²) in [5.74, 6) is 0.464. The topological polar surface area (TPSA) is 105 Å². The third-order valence-electron chi connectivity index (χ3n) is 7.07. The number of hydrogen-bond donors (Lipinski definition) is 2. The Bertz CT molecular complexity index is 1150. The third kappa shape index (κ3) is 6.48. The summed E-state index contributed by atoms with van der Waals surface area (Å²) in [5, 5.41) is 2.85. The third-order valence-corrected chi connectivity index (χ3v) is 8.59. The summed E-state index contributed by atoms with van der Waals surface area (Å²) in [6.07, 6.45) is 5.73. The van der Waals surface area contributed by atoms with Crippen LogP contribution in [0.1, 0.15) is 63.9 Å². The molecule has 0 radical (unpaired) electrons. The quantitative estimate of drug-likeness (QED) is 0.543. The van der Waals surface area contributed by atoms with Crippen LogP contribution < -0.4 is 10.0 Å². The van der Waals surface area contributed by atoms with Gasteiger partial charge in [0.2, 0.25) is 0 Å². The van der Waals surface area contributed by atoms with E-state index in [9.17, 15) is 18.0 Å². The second kappa shape index (κ2) is 11.3. The zero-order valence-electron chi connectivity index (χ0n) is 20.0. The number of benzene rings is 2. The summed E-state index contributed by atoms with van der Waals surface area (Å²) in [7, 11) is -2.25. The van der Waals surface area contributed by atoms with E-state index in [4.69, 9.17) is 0 Å². The molecule has 4 rings (SSSR count). The van der Waals surface area contributed by atoms with Crippen LogP contribution >= 0.6 is 0 Å². The molecule has 1 saturated carbocycles. The zero-order chi connectivity index (χ0) is 24.8. The van der Waals surface area contributed by atoms with Crippen molar-refractivity contribution in [2.45, 2.75) is 45.2 Å². The molecule has 0 bridgehead atoms. The van der Waals surface area contributed by atoms with E-state index in [0.717, 1.165) is 24.0 Å². The van der Waals surface area contributed by atoms with E-state index in [1.165, 1.54) is 26.4 Å². The first kappa shape index (κ1) is 25.3. The number of ether oxygens (including phenoxy) is 1. The maximum atomic E-state index is 12.9. The van der Waals surface area contributed by atoms with Crippen molar-refractivity contribution in [1.29, 1.82) is 0 Å². The maximum absolute atomic E-state index is 12.9. The van der Waals surface area contributed by atoms with Crippen molar-refractivity contribution < 1.29 is 22.7 Å². The molecule has 2 fully saturated rings. The molecule has 1 amide bonds. The summed E-state index contributed by atoms with van der Waals surface area (Å²) < 4.78 is 34.8. The van der Waals surface area contributed by atoms with Crippen LogP contribution in [0.3, 0.4) is 0 Å². The van der Waals surface area contributed by atoms with E-state index >= 15 is 0 Å². The minimum absolute atomic E-state index is 0.128. The monoisotopic (exact) mass is 499 g/mol. The fraction of sp³-hybridized carbons (Fsp3) is 0.462. The van der Waals surface area contributed by atoms with Crippen LogP contribution in [-0.2, 0) is 28.0 Å². The molecule has 1 aliphatic heterocycles. The van der Waals surface area contributed by atoms with Crippen molar-refractivity contribution in [2.75, 3.05) is 20.2 Å². The number of nitrogens with one attached hydrogen (secondary N) is 2. The lowest BCUT2D eigenvalue weighted by molar-refractivity contribution is 0.0600. The summed E-state index contributed by atoms with van der Waals surface area (Å²) in [4.78, 5) is 24.2. The Morgan fingerprint density at radius 2 is 1.69 bits per heavy atom. The predicted octanol–water partition coefficient (Wildman–Crippen LogP) is 3.25. The van der Waals surface area contributed by atoms with Gasteiger partial charge in [0.25, 0.3) is 16.1 Å². The standard InChI is InChI=1S/C26H33N3O5S/c1-34-26(31)22-11-9-19(10-12-22)16-27-25(30)23-8-4-5-20(15-23)17-28-35(32,33)29-14-13-21-6-2-3-7-24(21)18-29/h4-5,8-12,15,21,24,28H,2-3,6-7,13-14,16-18H2,1H3,(H,27,30). The fourth-order valence-corrected chi connectivity index (χ4v) is 6.30. The molecule has 0 aromatic heterocycles. The number of hydrogen-bond acceptors (Lipinski definition) is 5. The van der Waals surface area contributed by atoms with Gasteiger partial charge >= 0.3 is 5.97 Å². The van der Waals surface area contributed by atoms with Gasteiger partial charge in [0.05, 0.1) is 12.7 Å². The van der Waals surface area contributed by atoms with Crippen LogP contribution in [-0.4, -0.2) is 44.8 Å². The maximum Gasteiger partial charge on any atom is 0.337 e. The Morgan fingerprint density at radius 1 is 0.943 bits per heavy atom. The molecule has 2 aliphatic rings. The van der Waals surface area contributed by atoms with Gasteiger partial charge in [-0.1, -0.05) is 43.5 Å². The van der Waals surface area contributed by atoms with Crippen molar-refractivity contribution in [3.05, 3.63) is 70.8 Å². The largest absolute Gasteiger partial charge is 0.465 e. The van der Waals surface area contributed by atoms with E-state index in [2.05, 4.69) is 14.8 Å². The minimum Gasteiger partial charge on any atom is -0.465 e. The lowest BCUT2D eigenvalue weighted by Crippen LogP contribution is -2.48. The highest BCUT2D eigenvalue weighted by molar-refractivity contribution is 7.87. The van der Waals surface area contributed by atoms with Crippen molar-refractivity contribution >= 4 is 22.1 Å². The van der Waals surface area contributed by atoms with E-state index in [1.807, 2.05) is 0 Å². The van der Waals surface area contributed by atoms with Gasteiger partial charge in [0.15, 0.2) is 0 Å². The van der Waals surface area contributed by atoms with Crippen LogP contribution in [0.5, 0.6) is 0 Å². The van der Waals surface area contributed by atoms with Gasteiger partial charge in [-0.3, -0.25) is 4.79 Å². The van der Waals surface area contributed by atoms with Gasteiger partial charge in [0, 0.05) is 31.7 Å².